The van der Waals surface area contributed by atoms with Crippen molar-refractivity contribution in [3.05, 3.63) is 34.3 Å². The molecule has 4 nitrogen and oxygen atoms in total. The summed E-state index contributed by atoms with van der Waals surface area (Å²) in [6, 6.07) is 4.83. The normalized spacial score (nSPS) is 9.50. The van der Waals surface area contributed by atoms with Gasteiger partial charge in [0.15, 0.2) is 0 Å². The lowest BCUT2D eigenvalue weighted by molar-refractivity contribution is 0.0937. The topological polar surface area (TPSA) is 58.6 Å². The standard InChI is InChI=1S/C13H14ClNO3/c1-18-8-6-15-13(17)11-5-4-10(3-2-7-16)12(14)9-11/h4-5,9,16H,6-8H2,1H3,(H,15,17). The van der Waals surface area contributed by atoms with Crippen LogP contribution >= 0.6 is 11.6 Å². The first-order chi connectivity index (χ1) is 8.69. The van der Waals surface area contributed by atoms with E-state index < -0.39 is 0 Å². The molecular weight excluding hydrogens is 254 g/mol. The van der Waals surface area contributed by atoms with Gasteiger partial charge in [0.2, 0.25) is 0 Å². The Bertz CT molecular complexity index is 477. The summed E-state index contributed by atoms with van der Waals surface area (Å²) in [6.45, 7) is 0.675. The second-order valence-corrected chi connectivity index (χ2v) is 3.81. The van der Waals surface area contributed by atoms with E-state index in [0.29, 0.717) is 29.3 Å². The number of nitrogens with one attached hydrogen (secondary N) is 1. The smallest absolute Gasteiger partial charge is 0.251 e. The highest BCUT2D eigenvalue weighted by Gasteiger charge is 2.07. The van der Waals surface area contributed by atoms with E-state index in [1.165, 1.54) is 0 Å². The number of ether oxygens (including phenoxy) is 1. The third-order valence-electron chi connectivity index (χ3n) is 2.13. The summed E-state index contributed by atoms with van der Waals surface area (Å²) >= 11 is 5.98. The zero-order valence-electron chi connectivity index (χ0n) is 10.00. The number of benzene rings is 1. The Morgan fingerprint density at radius 2 is 2.33 bits per heavy atom. The monoisotopic (exact) mass is 267 g/mol. The fourth-order valence-electron chi connectivity index (χ4n) is 1.26. The lowest BCUT2D eigenvalue weighted by atomic mass is 10.1. The van der Waals surface area contributed by atoms with E-state index in [2.05, 4.69) is 17.2 Å². The molecule has 0 aliphatic rings. The van der Waals surface area contributed by atoms with Crippen LogP contribution in [0.1, 0.15) is 15.9 Å². The molecule has 5 heteroatoms. The number of methoxy groups -OCH3 is 1. The van der Waals surface area contributed by atoms with Gasteiger partial charge in [-0.25, -0.2) is 0 Å². The van der Waals surface area contributed by atoms with E-state index in [0.717, 1.165) is 0 Å². The predicted octanol–water partition coefficient (Wildman–Crippen LogP) is 1.06. The van der Waals surface area contributed by atoms with E-state index in [-0.39, 0.29) is 12.5 Å². The second-order valence-electron chi connectivity index (χ2n) is 3.40. The highest BCUT2D eigenvalue weighted by molar-refractivity contribution is 6.32. The molecule has 0 spiro atoms. The quantitative estimate of drug-likeness (QED) is 0.634. The van der Waals surface area contributed by atoms with Crippen molar-refractivity contribution in [1.82, 2.24) is 5.32 Å². The van der Waals surface area contributed by atoms with Gasteiger partial charge in [0.1, 0.15) is 6.61 Å². The summed E-state index contributed by atoms with van der Waals surface area (Å²) in [5.74, 6) is 4.98. The van der Waals surface area contributed by atoms with Crippen molar-refractivity contribution in [2.24, 2.45) is 0 Å². The molecule has 0 radical (unpaired) electrons. The fraction of sp³-hybridized carbons (Fsp3) is 0.308. The Labute approximate surface area is 111 Å². The maximum Gasteiger partial charge on any atom is 0.251 e. The molecule has 0 aliphatic carbocycles. The summed E-state index contributed by atoms with van der Waals surface area (Å²) in [7, 11) is 1.57. The van der Waals surface area contributed by atoms with Gasteiger partial charge in [0.05, 0.1) is 11.6 Å². The summed E-state index contributed by atoms with van der Waals surface area (Å²) in [5, 5.41) is 11.7. The first kappa shape index (κ1) is 14.5. The Morgan fingerprint density at radius 1 is 1.56 bits per heavy atom. The van der Waals surface area contributed by atoms with Gasteiger partial charge in [-0.3, -0.25) is 4.79 Å². The molecular formula is C13H14ClNO3. The summed E-state index contributed by atoms with van der Waals surface area (Å²) in [4.78, 5) is 11.7. The van der Waals surface area contributed by atoms with Gasteiger partial charge in [-0.05, 0) is 18.2 Å². The molecule has 1 amide bonds. The van der Waals surface area contributed by atoms with Crippen molar-refractivity contribution in [2.75, 3.05) is 26.9 Å². The van der Waals surface area contributed by atoms with Gasteiger partial charge in [-0.15, -0.1) is 0 Å². The lowest BCUT2D eigenvalue weighted by Crippen LogP contribution is -2.26. The Hall–Kier alpha value is -1.54. The molecule has 0 fully saturated rings. The summed E-state index contributed by atoms with van der Waals surface area (Å²) in [6.07, 6.45) is 0. The van der Waals surface area contributed by atoms with Crippen molar-refractivity contribution >= 4 is 17.5 Å². The zero-order valence-corrected chi connectivity index (χ0v) is 10.8. The van der Waals surface area contributed by atoms with Crippen LogP contribution in [0.4, 0.5) is 0 Å². The average Bonchev–Trinajstić information content (AvgIpc) is 2.37. The summed E-state index contributed by atoms with van der Waals surface area (Å²) in [5.41, 5.74) is 1.05. The molecule has 0 aliphatic heterocycles. The number of hydrogen-bond acceptors (Lipinski definition) is 3. The predicted molar refractivity (Wildman–Crippen MR) is 69.6 cm³/mol. The highest BCUT2D eigenvalue weighted by Crippen LogP contribution is 2.16. The minimum atomic E-state index is -0.227. The van der Waals surface area contributed by atoms with Crippen LogP contribution in [0.25, 0.3) is 0 Å². The van der Waals surface area contributed by atoms with Gasteiger partial charge in [-0.2, -0.15) is 0 Å². The van der Waals surface area contributed by atoms with Crippen molar-refractivity contribution in [1.29, 1.82) is 0 Å². The molecule has 0 bridgehead atoms. The van der Waals surface area contributed by atoms with Crippen LogP contribution in [0.2, 0.25) is 5.02 Å². The molecule has 0 unspecified atom stereocenters. The first-order valence-corrected chi connectivity index (χ1v) is 5.73. The average molecular weight is 268 g/mol. The van der Waals surface area contributed by atoms with Crippen molar-refractivity contribution in [3.8, 4) is 11.8 Å². The van der Waals surface area contributed by atoms with Crippen LogP contribution in [0.3, 0.4) is 0 Å². The minimum absolute atomic E-state index is 0.212. The Kier molecular flexibility index (Phi) is 6.23. The number of aliphatic hydroxyl groups is 1. The minimum Gasteiger partial charge on any atom is -0.384 e. The number of rotatable bonds is 4. The van der Waals surface area contributed by atoms with E-state index in [9.17, 15) is 4.79 Å². The van der Waals surface area contributed by atoms with Crippen LogP contribution in [0.15, 0.2) is 18.2 Å². The molecule has 0 saturated carbocycles. The van der Waals surface area contributed by atoms with E-state index >= 15 is 0 Å². The van der Waals surface area contributed by atoms with E-state index in [1.807, 2.05) is 0 Å². The molecule has 0 atom stereocenters. The van der Waals surface area contributed by atoms with E-state index in [1.54, 1.807) is 25.3 Å². The molecule has 18 heavy (non-hydrogen) atoms. The molecule has 0 aromatic heterocycles. The third kappa shape index (κ3) is 4.38. The number of aliphatic hydroxyl groups excluding tert-OH is 1. The molecule has 0 saturated heterocycles. The lowest BCUT2D eigenvalue weighted by Gasteiger charge is -2.05. The van der Waals surface area contributed by atoms with Crippen LogP contribution < -0.4 is 5.32 Å². The SMILES string of the molecule is COCCNC(=O)c1ccc(C#CCO)c(Cl)c1. The molecule has 1 rings (SSSR count). The number of amides is 1. The number of carbonyl (C=O) groups is 1. The molecule has 2 N–H and O–H groups in total. The van der Waals surface area contributed by atoms with Crippen LogP contribution in [0, 0.1) is 11.8 Å². The largest absolute Gasteiger partial charge is 0.384 e. The van der Waals surface area contributed by atoms with Crippen LogP contribution in [-0.2, 0) is 4.74 Å². The molecule has 96 valence electrons. The third-order valence-corrected chi connectivity index (χ3v) is 2.44. The Morgan fingerprint density at radius 3 is 2.94 bits per heavy atom. The van der Waals surface area contributed by atoms with Crippen molar-refractivity contribution in [3.63, 3.8) is 0 Å². The van der Waals surface area contributed by atoms with Crippen LogP contribution in [-0.4, -0.2) is 37.9 Å². The molecule has 0 heterocycles. The zero-order chi connectivity index (χ0) is 13.4. The van der Waals surface area contributed by atoms with Gasteiger partial charge in [0, 0.05) is 24.8 Å². The van der Waals surface area contributed by atoms with Gasteiger partial charge in [0.25, 0.3) is 5.91 Å². The number of hydrogen-bond donors (Lipinski definition) is 2. The fourth-order valence-corrected chi connectivity index (χ4v) is 1.49. The highest BCUT2D eigenvalue weighted by atomic mass is 35.5. The summed E-state index contributed by atoms with van der Waals surface area (Å²) < 4.78 is 4.83. The Balaban J connectivity index is 2.74. The van der Waals surface area contributed by atoms with Crippen molar-refractivity contribution < 1.29 is 14.6 Å². The second kappa shape index (κ2) is 7.72. The first-order valence-electron chi connectivity index (χ1n) is 5.35. The van der Waals surface area contributed by atoms with Gasteiger partial charge >= 0.3 is 0 Å². The maximum absolute atomic E-state index is 11.7. The van der Waals surface area contributed by atoms with Gasteiger partial charge < -0.3 is 15.2 Å². The van der Waals surface area contributed by atoms with Crippen LogP contribution in [0.5, 0.6) is 0 Å². The maximum atomic E-state index is 11.7. The molecule has 1 aromatic rings. The van der Waals surface area contributed by atoms with Gasteiger partial charge in [-0.1, -0.05) is 23.4 Å². The number of carbonyl (C=O) groups excluding carboxylic acids is 1. The number of halogens is 1. The molecule has 1 aromatic carbocycles. The van der Waals surface area contributed by atoms with Crippen molar-refractivity contribution in [2.45, 2.75) is 0 Å². The van der Waals surface area contributed by atoms with E-state index in [4.69, 9.17) is 21.4 Å².